The van der Waals surface area contributed by atoms with Gasteiger partial charge in [-0.25, -0.2) is 0 Å². The van der Waals surface area contributed by atoms with Gasteiger partial charge in [-0.15, -0.1) is 0 Å². The van der Waals surface area contributed by atoms with Crippen molar-refractivity contribution >= 4 is 5.91 Å². The Labute approximate surface area is 106 Å². The van der Waals surface area contributed by atoms with Crippen molar-refractivity contribution in [2.75, 3.05) is 20.4 Å². The van der Waals surface area contributed by atoms with E-state index < -0.39 is 0 Å². The monoisotopic (exact) mass is 250 g/mol. The lowest BCUT2D eigenvalue weighted by molar-refractivity contribution is -0.120. The van der Waals surface area contributed by atoms with Gasteiger partial charge >= 0.3 is 0 Å². The molecule has 1 aromatic carbocycles. The van der Waals surface area contributed by atoms with Crippen LogP contribution in [-0.4, -0.2) is 26.3 Å². The fourth-order valence-electron chi connectivity index (χ4n) is 1.83. The smallest absolute Gasteiger partial charge is 0.231 e. The summed E-state index contributed by atoms with van der Waals surface area (Å²) in [6.45, 7) is 2.99. The number of ether oxygens (including phenoxy) is 2. The lowest BCUT2D eigenvalue weighted by Crippen LogP contribution is -2.26. The zero-order valence-electron chi connectivity index (χ0n) is 10.7. The molecule has 2 rings (SSSR count). The van der Waals surface area contributed by atoms with E-state index in [1.54, 1.807) is 7.05 Å². The standard InChI is InChI=1S/C13H18N2O3/c1-9(15-6-5-13(16)14-2)10-3-4-11-12(7-10)18-8-17-11/h3-4,7,9,15H,5-6,8H2,1-2H3,(H,14,16). The summed E-state index contributed by atoms with van der Waals surface area (Å²) in [6.07, 6.45) is 0.478. The number of rotatable bonds is 5. The van der Waals surface area contributed by atoms with Gasteiger partial charge in [0.2, 0.25) is 12.7 Å². The SMILES string of the molecule is CNC(=O)CCNC(C)c1ccc2c(c1)OCO2. The number of nitrogens with one attached hydrogen (secondary N) is 2. The van der Waals surface area contributed by atoms with Gasteiger partial charge in [0.15, 0.2) is 11.5 Å². The molecule has 1 unspecified atom stereocenters. The molecule has 5 nitrogen and oxygen atoms in total. The Balaban J connectivity index is 1.89. The van der Waals surface area contributed by atoms with Gasteiger partial charge in [0, 0.05) is 26.1 Å². The highest BCUT2D eigenvalue weighted by Gasteiger charge is 2.15. The number of carbonyl (C=O) groups is 1. The molecule has 1 atom stereocenters. The first-order valence-electron chi connectivity index (χ1n) is 6.04. The summed E-state index contributed by atoms with van der Waals surface area (Å²) in [5.41, 5.74) is 1.12. The average Bonchev–Trinajstić information content (AvgIpc) is 2.85. The molecule has 0 radical (unpaired) electrons. The van der Waals surface area contributed by atoms with E-state index in [-0.39, 0.29) is 18.7 Å². The molecule has 18 heavy (non-hydrogen) atoms. The molecule has 98 valence electrons. The zero-order chi connectivity index (χ0) is 13.0. The van der Waals surface area contributed by atoms with Gasteiger partial charge in [0.25, 0.3) is 0 Å². The molecule has 0 aromatic heterocycles. The van der Waals surface area contributed by atoms with E-state index in [0.717, 1.165) is 17.1 Å². The molecule has 1 amide bonds. The molecule has 5 heteroatoms. The van der Waals surface area contributed by atoms with Crippen LogP contribution in [0.2, 0.25) is 0 Å². The van der Waals surface area contributed by atoms with Crippen LogP contribution in [0, 0.1) is 0 Å². The van der Waals surface area contributed by atoms with E-state index in [0.29, 0.717) is 13.0 Å². The fraction of sp³-hybridized carbons (Fsp3) is 0.462. The van der Waals surface area contributed by atoms with Gasteiger partial charge < -0.3 is 20.1 Å². The maximum atomic E-state index is 11.1. The van der Waals surface area contributed by atoms with Crippen LogP contribution < -0.4 is 20.1 Å². The van der Waals surface area contributed by atoms with Gasteiger partial charge in [-0.1, -0.05) is 6.07 Å². The van der Waals surface area contributed by atoms with E-state index >= 15 is 0 Å². The van der Waals surface area contributed by atoms with Crippen molar-refractivity contribution in [1.82, 2.24) is 10.6 Å². The largest absolute Gasteiger partial charge is 0.454 e. The van der Waals surface area contributed by atoms with Crippen LogP contribution in [0.3, 0.4) is 0 Å². The minimum Gasteiger partial charge on any atom is -0.454 e. The van der Waals surface area contributed by atoms with E-state index in [1.165, 1.54) is 0 Å². The van der Waals surface area contributed by atoms with Crippen molar-refractivity contribution < 1.29 is 14.3 Å². The lowest BCUT2D eigenvalue weighted by Gasteiger charge is -2.14. The highest BCUT2D eigenvalue weighted by Crippen LogP contribution is 2.34. The minimum atomic E-state index is 0.0420. The van der Waals surface area contributed by atoms with Gasteiger partial charge in [0.1, 0.15) is 0 Å². The summed E-state index contributed by atoms with van der Waals surface area (Å²) in [6, 6.07) is 6.06. The fourth-order valence-corrected chi connectivity index (χ4v) is 1.83. The second-order valence-corrected chi connectivity index (χ2v) is 4.21. The van der Waals surface area contributed by atoms with Crippen LogP contribution in [0.25, 0.3) is 0 Å². The molecule has 0 bridgehead atoms. The van der Waals surface area contributed by atoms with Crippen LogP contribution in [0.4, 0.5) is 0 Å². The molecular formula is C13H18N2O3. The third kappa shape index (κ3) is 2.92. The maximum absolute atomic E-state index is 11.1. The van der Waals surface area contributed by atoms with Gasteiger partial charge in [-0.3, -0.25) is 4.79 Å². The zero-order valence-corrected chi connectivity index (χ0v) is 10.7. The topological polar surface area (TPSA) is 59.6 Å². The van der Waals surface area contributed by atoms with Crippen LogP contribution in [0.5, 0.6) is 11.5 Å². The van der Waals surface area contributed by atoms with Gasteiger partial charge in [0.05, 0.1) is 0 Å². The molecule has 1 aliphatic rings. The van der Waals surface area contributed by atoms with E-state index in [9.17, 15) is 4.79 Å². The van der Waals surface area contributed by atoms with Crippen molar-refractivity contribution in [2.45, 2.75) is 19.4 Å². The van der Waals surface area contributed by atoms with E-state index in [1.807, 2.05) is 18.2 Å². The Morgan fingerprint density at radius 1 is 1.39 bits per heavy atom. The first-order valence-corrected chi connectivity index (χ1v) is 6.04. The predicted octanol–water partition coefficient (Wildman–Crippen LogP) is 1.20. The van der Waals surface area contributed by atoms with E-state index in [2.05, 4.69) is 17.6 Å². The number of hydrogen-bond acceptors (Lipinski definition) is 4. The molecule has 0 saturated heterocycles. The maximum Gasteiger partial charge on any atom is 0.231 e. The summed E-state index contributed by atoms with van der Waals surface area (Å²) in [4.78, 5) is 11.1. The number of hydrogen-bond donors (Lipinski definition) is 2. The Morgan fingerprint density at radius 2 is 2.17 bits per heavy atom. The summed E-state index contributed by atoms with van der Waals surface area (Å²) in [5, 5.41) is 5.90. The third-order valence-electron chi connectivity index (χ3n) is 2.98. The highest BCUT2D eigenvalue weighted by atomic mass is 16.7. The minimum absolute atomic E-state index is 0.0420. The summed E-state index contributed by atoms with van der Waals surface area (Å²) >= 11 is 0. The second kappa shape index (κ2) is 5.73. The van der Waals surface area contributed by atoms with Crippen molar-refractivity contribution in [3.8, 4) is 11.5 Å². The van der Waals surface area contributed by atoms with Gasteiger partial charge in [-0.2, -0.15) is 0 Å². The normalized spacial score (nSPS) is 14.3. The molecule has 1 aliphatic heterocycles. The molecular weight excluding hydrogens is 232 g/mol. The summed E-state index contributed by atoms with van der Waals surface area (Å²) in [5.74, 6) is 1.61. The van der Waals surface area contributed by atoms with Crippen molar-refractivity contribution in [1.29, 1.82) is 0 Å². The Bertz CT molecular complexity index is 434. The second-order valence-electron chi connectivity index (χ2n) is 4.21. The first kappa shape index (κ1) is 12.7. The Morgan fingerprint density at radius 3 is 2.94 bits per heavy atom. The van der Waals surface area contributed by atoms with Crippen LogP contribution in [0.15, 0.2) is 18.2 Å². The van der Waals surface area contributed by atoms with Crippen molar-refractivity contribution in [2.24, 2.45) is 0 Å². The van der Waals surface area contributed by atoms with E-state index in [4.69, 9.17) is 9.47 Å². The molecule has 0 spiro atoms. The number of amides is 1. The number of benzene rings is 1. The summed E-state index contributed by atoms with van der Waals surface area (Å²) < 4.78 is 10.6. The quantitative estimate of drug-likeness (QED) is 0.824. The lowest BCUT2D eigenvalue weighted by atomic mass is 10.1. The molecule has 0 saturated carbocycles. The molecule has 0 aliphatic carbocycles. The molecule has 2 N–H and O–H groups in total. The van der Waals surface area contributed by atoms with Crippen molar-refractivity contribution in [3.63, 3.8) is 0 Å². The van der Waals surface area contributed by atoms with Crippen molar-refractivity contribution in [3.05, 3.63) is 23.8 Å². The summed E-state index contributed by atoms with van der Waals surface area (Å²) in [7, 11) is 1.64. The molecule has 1 heterocycles. The van der Waals surface area contributed by atoms with Crippen LogP contribution in [0.1, 0.15) is 24.9 Å². The number of carbonyl (C=O) groups excluding carboxylic acids is 1. The molecule has 0 fully saturated rings. The third-order valence-corrected chi connectivity index (χ3v) is 2.98. The first-order chi connectivity index (χ1) is 8.70. The van der Waals surface area contributed by atoms with Crippen LogP contribution >= 0.6 is 0 Å². The number of fused-ring (bicyclic) bond motifs is 1. The van der Waals surface area contributed by atoms with Gasteiger partial charge in [-0.05, 0) is 24.6 Å². The molecule has 1 aromatic rings. The van der Waals surface area contributed by atoms with Crippen LogP contribution in [-0.2, 0) is 4.79 Å². The Kier molecular flexibility index (Phi) is 4.04. The predicted molar refractivity (Wildman–Crippen MR) is 67.7 cm³/mol. The average molecular weight is 250 g/mol. The Hall–Kier alpha value is -1.75. The highest BCUT2D eigenvalue weighted by molar-refractivity contribution is 5.75.